The van der Waals surface area contributed by atoms with E-state index in [9.17, 15) is 0 Å². The second-order valence-electron chi connectivity index (χ2n) is 4.69. The van der Waals surface area contributed by atoms with Gasteiger partial charge in [-0.25, -0.2) is 0 Å². The Bertz CT molecular complexity index is 345. The van der Waals surface area contributed by atoms with Gasteiger partial charge in [-0.15, -0.1) is 11.3 Å². The van der Waals surface area contributed by atoms with Gasteiger partial charge in [0.15, 0.2) is 0 Å². The van der Waals surface area contributed by atoms with Gasteiger partial charge in [0.1, 0.15) is 0 Å². The first-order valence-electron chi connectivity index (χ1n) is 6.27. The molecular weight excluding hydrogens is 232 g/mol. The topological polar surface area (TPSA) is 38.5 Å². The van der Waals surface area contributed by atoms with E-state index in [0.29, 0.717) is 18.7 Å². The largest absolute Gasteiger partial charge is 0.381 e. The normalized spacial score (nSPS) is 20.6. The maximum Gasteiger partial charge on any atom is 0.0595 e. The second kappa shape index (κ2) is 5.96. The summed E-state index contributed by atoms with van der Waals surface area (Å²) in [7, 11) is 1.81. The van der Waals surface area contributed by atoms with E-state index in [4.69, 9.17) is 10.5 Å². The van der Waals surface area contributed by atoms with Gasteiger partial charge in [-0.3, -0.25) is 4.90 Å². The van der Waals surface area contributed by atoms with Crippen molar-refractivity contribution in [2.24, 2.45) is 5.73 Å². The fourth-order valence-electron chi connectivity index (χ4n) is 2.57. The summed E-state index contributed by atoms with van der Waals surface area (Å²) in [5.74, 6) is 0. The highest BCUT2D eigenvalue weighted by Crippen LogP contribution is 2.30. The van der Waals surface area contributed by atoms with Gasteiger partial charge in [0.2, 0.25) is 0 Å². The Hall–Kier alpha value is -0.420. The molecule has 1 saturated heterocycles. The standard InChI is InChI=1S/C13H22N2OS/c1-10-5-8-17-13(10)12(9-14)15-6-3-11(16-2)4-7-15/h5,8,11-12H,3-4,6-7,9,14H2,1-2H3. The molecule has 0 aliphatic carbocycles. The highest BCUT2D eigenvalue weighted by atomic mass is 32.1. The molecule has 0 aromatic carbocycles. The molecule has 1 fully saturated rings. The third-order valence-electron chi connectivity index (χ3n) is 3.68. The number of aryl methyl sites for hydroxylation is 1. The van der Waals surface area contributed by atoms with Gasteiger partial charge >= 0.3 is 0 Å². The number of hydrogen-bond acceptors (Lipinski definition) is 4. The molecule has 1 unspecified atom stereocenters. The lowest BCUT2D eigenvalue weighted by molar-refractivity contribution is 0.0285. The summed E-state index contributed by atoms with van der Waals surface area (Å²) in [6.07, 6.45) is 2.68. The molecule has 2 N–H and O–H groups in total. The van der Waals surface area contributed by atoms with Gasteiger partial charge in [0.05, 0.1) is 12.1 Å². The molecule has 0 radical (unpaired) electrons. The molecule has 2 rings (SSSR count). The zero-order chi connectivity index (χ0) is 12.3. The molecular formula is C13H22N2OS. The molecule has 2 heterocycles. The number of hydrogen-bond donors (Lipinski definition) is 1. The number of piperidine rings is 1. The van der Waals surface area contributed by atoms with Crippen LogP contribution in [0.5, 0.6) is 0 Å². The Labute approximate surface area is 108 Å². The lowest BCUT2D eigenvalue weighted by Crippen LogP contribution is -2.41. The van der Waals surface area contributed by atoms with E-state index in [2.05, 4.69) is 23.3 Å². The van der Waals surface area contributed by atoms with E-state index < -0.39 is 0 Å². The number of rotatable bonds is 4. The van der Waals surface area contributed by atoms with Crippen molar-refractivity contribution < 1.29 is 4.74 Å². The number of likely N-dealkylation sites (tertiary alicyclic amines) is 1. The van der Waals surface area contributed by atoms with Crippen LogP contribution >= 0.6 is 11.3 Å². The second-order valence-corrected chi connectivity index (χ2v) is 5.64. The summed E-state index contributed by atoms with van der Waals surface area (Å²) in [4.78, 5) is 3.94. The number of nitrogens with two attached hydrogens (primary N) is 1. The van der Waals surface area contributed by atoms with Crippen LogP contribution < -0.4 is 5.73 Å². The maximum absolute atomic E-state index is 5.96. The third kappa shape index (κ3) is 2.88. The molecule has 1 aromatic heterocycles. The molecule has 0 spiro atoms. The molecule has 96 valence electrons. The van der Waals surface area contributed by atoms with Crippen molar-refractivity contribution in [2.45, 2.75) is 31.9 Å². The Kier molecular flexibility index (Phi) is 4.56. The molecule has 17 heavy (non-hydrogen) atoms. The minimum atomic E-state index is 0.396. The Morgan fingerprint density at radius 3 is 2.71 bits per heavy atom. The lowest BCUT2D eigenvalue weighted by atomic mass is 10.0. The van der Waals surface area contributed by atoms with E-state index in [0.717, 1.165) is 25.9 Å². The van der Waals surface area contributed by atoms with Crippen LogP contribution in [0.3, 0.4) is 0 Å². The van der Waals surface area contributed by atoms with Gasteiger partial charge in [-0.2, -0.15) is 0 Å². The van der Waals surface area contributed by atoms with E-state index in [1.54, 1.807) is 0 Å². The van der Waals surface area contributed by atoms with Crippen molar-refractivity contribution >= 4 is 11.3 Å². The summed E-state index contributed by atoms with van der Waals surface area (Å²) in [5, 5.41) is 2.16. The Morgan fingerprint density at radius 2 is 2.24 bits per heavy atom. The first-order valence-corrected chi connectivity index (χ1v) is 7.15. The van der Waals surface area contributed by atoms with Crippen LogP contribution in [-0.2, 0) is 4.74 Å². The van der Waals surface area contributed by atoms with Gasteiger partial charge in [0.25, 0.3) is 0 Å². The summed E-state index contributed by atoms with van der Waals surface area (Å²) in [6.45, 7) is 5.07. The van der Waals surface area contributed by atoms with Crippen LogP contribution in [0.2, 0.25) is 0 Å². The third-order valence-corrected chi connectivity index (χ3v) is 4.80. The van der Waals surface area contributed by atoms with Crippen LogP contribution in [0, 0.1) is 6.92 Å². The van der Waals surface area contributed by atoms with E-state index in [-0.39, 0.29) is 0 Å². The van der Waals surface area contributed by atoms with Crippen LogP contribution in [0.25, 0.3) is 0 Å². The van der Waals surface area contributed by atoms with Crippen molar-refractivity contribution in [2.75, 3.05) is 26.7 Å². The van der Waals surface area contributed by atoms with Gasteiger partial charge in [-0.1, -0.05) is 0 Å². The predicted molar refractivity (Wildman–Crippen MR) is 72.5 cm³/mol. The maximum atomic E-state index is 5.96. The van der Waals surface area contributed by atoms with Crippen LogP contribution in [0.1, 0.15) is 29.3 Å². The van der Waals surface area contributed by atoms with Crippen LogP contribution in [0.4, 0.5) is 0 Å². The van der Waals surface area contributed by atoms with Gasteiger partial charge in [0, 0.05) is 31.6 Å². The molecule has 1 aliphatic rings. The number of thiophene rings is 1. The monoisotopic (exact) mass is 254 g/mol. The summed E-state index contributed by atoms with van der Waals surface area (Å²) >= 11 is 1.83. The van der Waals surface area contributed by atoms with Crippen LogP contribution in [0.15, 0.2) is 11.4 Å². The average Bonchev–Trinajstić information content (AvgIpc) is 2.78. The molecule has 0 amide bonds. The molecule has 1 aromatic rings. The van der Waals surface area contributed by atoms with Gasteiger partial charge in [-0.05, 0) is 36.8 Å². The van der Waals surface area contributed by atoms with Crippen molar-refractivity contribution in [1.29, 1.82) is 0 Å². The van der Waals surface area contributed by atoms with Crippen molar-refractivity contribution in [3.63, 3.8) is 0 Å². The molecule has 3 nitrogen and oxygen atoms in total. The summed E-state index contributed by atoms with van der Waals surface area (Å²) in [6, 6.07) is 2.58. The van der Waals surface area contributed by atoms with E-state index in [1.165, 1.54) is 10.4 Å². The zero-order valence-electron chi connectivity index (χ0n) is 10.7. The lowest BCUT2D eigenvalue weighted by Gasteiger charge is -2.36. The van der Waals surface area contributed by atoms with Crippen molar-refractivity contribution in [3.05, 3.63) is 21.9 Å². The van der Waals surface area contributed by atoms with Crippen molar-refractivity contribution in [1.82, 2.24) is 4.90 Å². The quantitative estimate of drug-likeness (QED) is 0.895. The molecule has 1 aliphatic heterocycles. The summed E-state index contributed by atoms with van der Waals surface area (Å²) < 4.78 is 5.41. The fraction of sp³-hybridized carbons (Fsp3) is 0.692. The minimum Gasteiger partial charge on any atom is -0.381 e. The average molecular weight is 254 g/mol. The number of methoxy groups -OCH3 is 1. The molecule has 1 atom stereocenters. The van der Waals surface area contributed by atoms with Crippen LogP contribution in [-0.4, -0.2) is 37.7 Å². The first kappa shape index (κ1) is 13.0. The molecule has 4 heteroatoms. The minimum absolute atomic E-state index is 0.396. The first-order chi connectivity index (χ1) is 8.26. The van der Waals surface area contributed by atoms with Gasteiger partial charge < -0.3 is 10.5 Å². The highest BCUT2D eigenvalue weighted by molar-refractivity contribution is 7.10. The number of ether oxygens (including phenoxy) is 1. The Morgan fingerprint density at radius 1 is 1.53 bits per heavy atom. The van der Waals surface area contributed by atoms with Crippen molar-refractivity contribution in [3.8, 4) is 0 Å². The zero-order valence-corrected chi connectivity index (χ0v) is 11.5. The van der Waals surface area contributed by atoms with E-state index >= 15 is 0 Å². The molecule has 0 saturated carbocycles. The highest BCUT2D eigenvalue weighted by Gasteiger charge is 2.26. The molecule has 0 bridgehead atoms. The number of nitrogens with zero attached hydrogens (tertiary/aromatic N) is 1. The predicted octanol–water partition coefficient (Wildman–Crippen LogP) is 2.17. The summed E-state index contributed by atoms with van der Waals surface area (Å²) in [5.41, 5.74) is 7.34. The SMILES string of the molecule is COC1CCN(C(CN)c2sccc2C)CC1. The fourth-order valence-corrected chi connectivity index (χ4v) is 3.65. The smallest absolute Gasteiger partial charge is 0.0595 e. The van der Waals surface area contributed by atoms with E-state index in [1.807, 2.05) is 18.4 Å². The Balaban J connectivity index is 2.03.